The zero-order valence-corrected chi connectivity index (χ0v) is 13.0. The molecule has 0 aromatic heterocycles. The highest BCUT2D eigenvalue weighted by atomic mass is 16.1. The monoisotopic (exact) mass is 257 g/mol. The average Bonchev–Trinajstić information content (AvgIpc) is 2.33. The largest absolute Gasteiger partial charge is 0.352 e. The molecule has 1 aliphatic rings. The molecule has 4 heteroatoms. The Morgan fingerprint density at radius 2 is 1.67 bits per heavy atom. The number of hydrogen-bond donors (Lipinski definition) is 1. The predicted octanol–water partition coefficient (Wildman–Crippen LogP) is 1.42. The number of nitrogens with zero attached hydrogens (tertiary/aromatic N) is 2. The fourth-order valence-corrected chi connectivity index (χ4v) is 1.99. The zero-order valence-electron chi connectivity index (χ0n) is 13.0. The van der Waals surface area contributed by atoms with Gasteiger partial charge in [0.15, 0.2) is 0 Å². The lowest BCUT2D eigenvalue weighted by molar-refractivity contribution is -0.120. The maximum atomic E-state index is 11.1. The normalized spacial score (nSPS) is 19.1. The fraction of sp³-hybridized carbons (Fsp3) is 0.929. The van der Waals surface area contributed by atoms with Gasteiger partial charge in [-0.05, 0) is 13.0 Å². The van der Waals surface area contributed by atoms with E-state index in [4.69, 9.17) is 0 Å². The van der Waals surface area contributed by atoms with E-state index in [0.717, 1.165) is 32.7 Å². The first-order valence-electron chi connectivity index (χ1n) is 7.17. The summed E-state index contributed by atoms with van der Waals surface area (Å²) in [6.07, 6.45) is 0. The molecule has 1 fully saturated rings. The summed E-state index contributed by atoms with van der Waals surface area (Å²) in [5.41, 5.74) is 0. The number of piperazine rings is 1. The first-order valence-corrected chi connectivity index (χ1v) is 7.17. The minimum Gasteiger partial charge on any atom is -0.352 e. The van der Waals surface area contributed by atoms with Gasteiger partial charge in [-0.25, -0.2) is 0 Å². The van der Waals surface area contributed by atoms with Gasteiger partial charge in [0.2, 0.25) is 5.91 Å². The Bertz CT molecular complexity index is 223. The van der Waals surface area contributed by atoms with Gasteiger partial charge >= 0.3 is 0 Å². The van der Waals surface area contributed by atoms with Crippen LogP contribution in [0.25, 0.3) is 0 Å². The van der Waals surface area contributed by atoms with E-state index in [0.29, 0.717) is 5.92 Å². The van der Waals surface area contributed by atoms with Crippen LogP contribution in [0.5, 0.6) is 0 Å². The van der Waals surface area contributed by atoms with Crippen molar-refractivity contribution in [2.45, 2.75) is 40.7 Å². The van der Waals surface area contributed by atoms with Crippen molar-refractivity contribution < 1.29 is 4.79 Å². The third-order valence-electron chi connectivity index (χ3n) is 3.24. The summed E-state index contributed by atoms with van der Waals surface area (Å²) in [5.74, 6) is 0.566. The van der Waals surface area contributed by atoms with Gasteiger partial charge in [-0.2, -0.15) is 0 Å². The second-order valence-corrected chi connectivity index (χ2v) is 5.15. The third-order valence-corrected chi connectivity index (χ3v) is 3.24. The predicted molar refractivity (Wildman–Crippen MR) is 77.7 cm³/mol. The Kier molecular flexibility index (Phi) is 9.02. The summed E-state index contributed by atoms with van der Waals surface area (Å²) in [4.78, 5) is 15.9. The van der Waals surface area contributed by atoms with Crippen molar-refractivity contribution >= 4 is 5.91 Å². The molecular formula is C14H31N3O. The molecule has 1 saturated heterocycles. The third kappa shape index (κ3) is 6.97. The lowest BCUT2D eigenvalue weighted by Gasteiger charge is -2.35. The first-order chi connectivity index (χ1) is 8.49. The summed E-state index contributed by atoms with van der Waals surface area (Å²) in [6, 6.07) is 0.279. The van der Waals surface area contributed by atoms with Crippen LogP contribution in [-0.2, 0) is 4.79 Å². The Morgan fingerprint density at radius 3 is 2.06 bits per heavy atom. The van der Waals surface area contributed by atoms with Gasteiger partial charge in [0.1, 0.15) is 0 Å². The number of likely N-dealkylation sites (N-methyl/N-ethyl adjacent to an activating group) is 1. The van der Waals surface area contributed by atoms with Gasteiger partial charge in [0.05, 0.1) is 0 Å². The smallest absolute Gasteiger partial charge is 0.217 e. The van der Waals surface area contributed by atoms with Gasteiger partial charge in [0, 0.05) is 45.7 Å². The molecule has 1 amide bonds. The SMILES string of the molecule is CC.CC(=O)NC(CN1CCN(C)CC1)C(C)C. The number of nitrogens with one attached hydrogen (secondary N) is 1. The Labute approximate surface area is 113 Å². The van der Waals surface area contributed by atoms with E-state index in [1.54, 1.807) is 6.92 Å². The molecule has 0 aromatic rings. The van der Waals surface area contributed by atoms with Crippen molar-refractivity contribution in [3.8, 4) is 0 Å². The van der Waals surface area contributed by atoms with Crippen molar-refractivity contribution in [3.63, 3.8) is 0 Å². The second-order valence-electron chi connectivity index (χ2n) is 5.15. The molecule has 108 valence electrons. The zero-order chi connectivity index (χ0) is 14.1. The minimum absolute atomic E-state index is 0.0767. The van der Waals surface area contributed by atoms with Crippen molar-refractivity contribution in [1.82, 2.24) is 15.1 Å². The van der Waals surface area contributed by atoms with E-state index < -0.39 is 0 Å². The van der Waals surface area contributed by atoms with Gasteiger partial charge < -0.3 is 10.2 Å². The molecule has 0 spiro atoms. The van der Waals surface area contributed by atoms with E-state index in [1.807, 2.05) is 13.8 Å². The first kappa shape index (κ1) is 17.4. The van der Waals surface area contributed by atoms with Crippen molar-refractivity contribution in [1.29, 1.82) is 0 Å². The topological polar surface area (TPSA) is 35.6 Å². The number of hydrogen-bond acceptors (Lipinski definition) is 3. The van der Waals surface area contributed by atoms with Crippen LogP contribution in [0, 0.1) is 5.92 Å². The maximum Gasteiger partial charge on any atom is 0.217 e. The number of carbonyl (C=O) groups is 1. The van der Waals surface area contributed by atoms with Crippen LogP contribution in [0.15, 0.2) is 0 Å². The highest BCUT2D eigenvalue weighted by Crippen LogP contribution is 2.07. The van der Waals surface area contributed by atoms with Crippen LogP contribution in [-0.4, -0.2) is 61.5 Å². The Morgan fingerprint density at radius 1 is 1.17 bits per heavy atom. The van der Waals surface area contributed by atoms with Gasteiger partial charge in [-0.3, -0.25) is 9.69 Å². The van der Waals surface area contributed by atoms with E-state index in [9.17, 15) is 4.79 Å². The van der Waals surface area contributed by atoms with Crippen LogP contribution in [0.4, 0.5) is 0 Å². The molecule has 1 N–H and O–H groups in total. The van der Waals surface area contributed by atoms with Crippen molar-refractivity contribution in [2.75, 3.05) is 39.8 Å². The molecule has 1 aliphatic heterocycles. The molecule has 4 nitrogen and oxygen atoms in total. The molecule has 1 atom stereocenters. The van der Waals surface area contributed by atoms with Crippen LogP contribution in [0.1, 0.15) is 34.6 Å². The summed E-state index contributed by atoms with van der Waals surface area (Å²) in [7, 11) is 2.16. The number of carbonyl (C=O) groups excluding carboxylic acids is 1. The molecule has 18 heavy (non-hydrogen) atoms. The molecule has 0 aliphatic carbocycles. The van der Waals surface area contributed by atoms with Gasteiger partial charge in [-0.15, -0.1) is 0 Å². The summed E-state index contributed by atoms with van der Waals surface area (Å²) < 4.78 is 0. The van der Waals surface area contributed by atoms with E-state index in [2.05, 4.69) is 36.0 Å². The maximum absolute atomic E-state index is 11.1. The molecule has 0 bridgehead atoms. The Hall–Kier alpha value is -0.610. The van der Waals surface area contributed by atoms with Crippen LogP contribution >= 0.6 is 0 Å². The number of amides is 1. The quantitative estimate of drug-likeness (QED) is 0.827. The second kappa shape index (κ2) is 9.34. The highest BCUT2D eigenvalue weighted by molar-refractivity contribution is 5.73. The van der Waals surface area contributed by atoms with Gasteiger partial charge in [-0.1, -0.05) is 27.7 Å². The lowest BCUT2D eigenvalue weighted by atomic mass is 10.0. The van der Waals surface area contributed by atoms with Crippen LogP contribution < -0.4 is 5.32 Å². The average molecular weight is 257 g/mol. The van der Waals surface area contributed by atoms with E-state index in [-0.39, 0.29) is 11.9 Å². The summed E-state index contributed by atoms with van der Waals surface area (Å²) in [6.45, 7) is 15.4. The molecule has 0 radical (unpaired) electrons. The standard InChI is InChI=1S/C12H25N3O.C2H6/c1-10(2)12(13-11(3)16)9-15-7-5-14(4)6-8-15;1-2/h10,12H,5-9H2,1-4H3,(H,13,16);1-2H3. The fourth-order valence-electron chi connectivity index (χ4n) is 1.99. The van der Waals surface area contributed by atoms with Crippen LogP contribution in [0.3, 0.4) is 0 Å². The molecule has 1 rings (SSSR count). The number of rotatable bonds is 4. The molecular weight excluding hydrogens is 226 g/mol. The molecule has 0 saturated carbocycles. The lowest BCUT2D eigenvalue weighted by Crippen LogP contribution is -2.51. The highest BCUT2D eigenvalue weighted by Gasteiger charge is 2.20. The van der Waals surface area contributed by atoms with Crippen molar-refractivity contribution in [2.24, 2.45) is 5.92 Å². The van der Waals surface area contributed by atoms with E-state index in [1.165, 1.54) is 0 Å². The minimum atomic E-state index is 0.0767. The Balaban J connectivity index is 0.00000137. The van der Waals surface area contributed by atoms with Gasteiger partial charge in [0.25, 0.3) is 0 Å². The van der Waals surface area contributed by atoms with Crippen molar-refractivity contribution in [3.05, 3.63) is 0 Å². The van der Waals surface area contributed by atoms with E-state index >= 15 is 0 Å². The molecule has 1 unspecified atom stereocenters. The summed E-state index contributed by atoms with van der Waals surface area (Å²) in [5, 5.41) is 3.04. The molecule has 1 heterocycles. The summed E-state index contributed by atoms with van der Waals surface area (Å²) >= 11 is 0. The molecule has 0 aromatic carbocycles. The van der Waals surface area contributed by atoms with Crippen LogP contribution in [0.2, 0.25) is 0 Å².